The molecule has 1 rings (SSSR count). The van der Waals surface area contributed by atoms with E-state index in [0.717, 1.165) is 24.3 Å². The molecule has 0 atom stereocenters. The van der Waals surface area contributed by atoms with Gasteiger partial charge in [0.05, 0.1) is 9.82 Å². The third kappa shape index (κ3) is 3.39. The third-order valence-electron chi connectivity index (χ3n) is 1.67. The van der Waals surface area contributed by atoms with Crippen LogP contribution in [0.5, 0.6) is 0 Å². The normalized spacial score (nSPS) is 10.8. The van der Waals surface area contributed by atoms with Crippen LogP contribution in [0.4, 0.5) is 10.5 Å². The molecule has 0 unspecified atom stereocenters. The lowest BCUT2D eigenvalue weighted by atomic mass is 10.3. The average molecular weight is 260 g/mol. The first-order valence-corrected chi connectivity index (χ1v) is 5.63. The number of hydrogen-bond acceptors (Lipinski definition) is 5. The molecule has 1 aromatic rings. The van der Waals surface area contributed by atoms with Gasteiger partial charge in [0.25, 0.3) is 15.7 Å². The summed E-state index contributed by atoms with van der Waals surface area (Å²) in [5.41, 5.74) is 6.12. The second kappa shape index (κ2) is 4.76. The van der Waals surface area contributed by atoms with E-state index in [1.807, 2.05) is 0 Å². The van der Waals surface area contributed by atoms with E-state index in [2.05, 4.69) is 5.73 Å². The summed E-state index contributed by atoms with van der Waals surface area (Å²) >= 11 is 0. The maximum absolute atomic E-state index is 11.5. The van der Waals surface area contributed by atoms with Gasteiger partial charge in [-0.15, -0.1) is 4.83 Å². The monoisotopic (exact) mass is 260 g/mol. The van der Waals surface area contributed by atoms with E-state index in [4.69, 9.17) is 0 Å². The molecule has 0 aromatic heterocycles. The van der Waals surface area contributed by atoms with Gasteiger partial charge in [-0.05, 0) is 12.1 Å². The van der Waals surface area contributed by atoms with E-state index in [-0.39, 0.29) is 10.6 Å². The number of hydrazine groups is 1. The first-order valence-electron chi connectivity index (χ1n) is 4.14. The van der Waals surface area contributed by atoms with Crippen LogP contribution in [-0.2, 0) is 10.0 Å². The quantitative estimate of drug-likeness (QED) is 0.491. The van der Waals surface area contributed by atoms with Gasteiger partial charge in [0.15, 0.2) is 0 Å². The van der Waals surface area contributed by atoms with Gasteiger partial charge in [-0.25, -0.2) is 13.2 Å². The van der Waals surface area contributed by atoms with Gasteiger partial charge < -0.3 is 5.73 Å². The smallest absolute Gasteiger partial charge is 0.327 e. The molecule has 0 aliphatic carbocycles. The molecule has 10 heteroatoms. The summed E-state index contributed by atoms with van der Waals surface area (Å²) in [5.74, 6) is 0. The first kappa shape index (κ1) is 12.9. The summed E-state index contributed by atoms with van der Waals surface area (Å²) in [6.45, 7) is 0. The summed E-state index contributed by atoms with van der Waals surface area (Å²) in [7, 11) is -3.98. The molecule has 0 fully saturated rings. The van der Waals surface area contributed by atoms with Crippen molar-refractivity contribution >= 4 is 21.7 Å². The van der Waals surface area contributed by atoms with Crippen molar-refractivity contribution in [1.29, 1.82) is 0 Å². The Morgan fingerprint density at radius 3 is 2.24 bits per heavy atom. The summed E-state index contributed by atoms with van der Waals surface area (Å²) < 4.78 is 22.9. The Hall–Kier alpha value is -2.20. The number of non-ortho nitro benzene ring substituents is 1. The Labute approximate surface area is 95.8 Å². The largest absolute Gasteiger partial charge is 0.351 e. The van der Waals surface area contributed by atoms with Gasteiger partial charge in [-0.1, -0.05) is 0 Å². The molecule has 0 heterocycles. The van der Waals surface area contributed by atoms with Gasteiger partial charge in [-0.3, -0.25) is 15.5 Å². The fourth-order valence-electron chi connectivity index (χ4n) is 0.923. The van der Waals surface area contributed by atoms with Crippen LogP contribution in [0.3, 0.4) is 0 Å². The van der Waals surface area contributed by atoms with Gasteiger partial charge in [0, 0.05) is 12.1 Å². The fraction of sp³-hybridized carbons (Fsp3) is 0. The molecule has 0 saturated carbocycles. The van der Waals surface area contributed by atoms with Crippen molar-refractivity contribution in [3.8, 4) is 0 Å². The Kier molecular flexibility index (Phi) is 3.60. The number of nitrogens with zero attached hydrogens (tertiary/aromatic N) is 1. The summed E-state index contributed by atoms with van der Waals surface area (Å²) in [6.07, 6.45) is 0. The number of urea groups is 1. The number of benzene rings is 1. The average Bonchev–Trinajstić information content (AvgIpc) is 2.27. The number of amides is 2. The molecule has 0 aliphatic heterocycles. The van der Waals surface area contributed by atoms with E-state index in [1.165, 1.54) is 0 Å². The number of carbonyl (C=O) groups excluding carboxylic acids is 1. The molecular formula is C7H8N4O5S. The maximum Gasteiger partial charge on any atom is 0.327 e. The number of sulfonamides is 1. The van der Waals surface area contributed by atoms with Crippen LogP contribution >= 0.6 is 0 Å². The van der Waals surface area contributed by atoms with Crippen molar-refractivity contribution < 1.29 is 18.1 Å². The van der Waals surface area contributed by atoms with Crippen molar-refractivity contribution in [2.75, 3.05) is 0 Å². The van der Waals surface area contributed by atoms with Crippen molar-refractivity contribution in [1.82, 2.24) is 10.3 Å². The van der Waals surface area contributed by atoms with E-state index in [1.54, 1.807) is 10.3 Å². The van der Waals surface area contributed by atoms with E-state index in [0.29, 0.717) is 0 Å². The number of nitrogens with two attached hydrogens (primary N) is 1. The summed E-state index contributed by atoms with van der Waals surface area (Å²) in [6, 6.07) is 3.04. The maximum atomic E-state index is 11.5. The summed E-state index contributed by atoms with van der Waals surface area (Å²) in [5, 5.41) is 10.3. The Morgan fingerprint density at radius 2 is 1.82 bits per heavy atom. The van der Waals surface area contributed by atoms with Crippen molar-refractivity contribution in [3.63, 3.8) is 0 Å². The molecule has 1 aromatic carbocycles. The second-order valence-electron chi connectivity index (χ2n) is 2.85. The highest BCUT2D eigenvalue weighted by Crippen LogP contribution is 2.15. The van der Waals surface area contributed by atoms with Crippen molar-refractivity contribution in [3.05, 3.63) is 34.4 Å². The molecule has 0 saturated heterocycles. The summed E-state index contributed by atoms with van der Waals surface area (Å²) in [4.78, 5) is 21.5. The first-order chi connectivity index (χ1) is 7.83. The van der Waals surface area contributed by atoms with Crippen LogP contribution in [0, 0.1) is 10.1 Å². The Morgan fingerprint density at radius 1 is 1.29 bits per heavy atom. The third-order valence-corrected chi connectivity index (χ3v) is 2.93. The van der Waals surface area contributed by atoms with Crippen LogP contribution < -0.4 is 16.0 Å². The minimum atomic E-state index is -3.98. The van der Waals surface area contributed by atoms with Gasteiger partial charge in [0.2, 0.25) is 0 Å². The number of nitro groups is 1. The Bertz CT molecular complexity index is 538. The zero-order valence-corrected chi connectivity index (χ0v) is 9.10. The standard InChI is InChI=1S/C7H8N4O5S/c8-7(12)9-10-17(15,16)6-3-1-5(2-4-6)11(13)14/h1-4,10H,(H3,8,9,12). The molecule has 0 bridgehead atoms. The van der Waals surface area contributed by atoms with Crippen LogP contribution in [0.1, 0.15) is 0 Å². The minimum absolute atomic E-state index is 0.239. The number of carbonyl (C=O) groups is 1. The van der Waals surface area contributed by atoms with Crippen LogP contribution in [0.2, 0.25) is 0 Å². The lowest BCUT2D eigenvalue weighted by Crippen LogP contribution is -2.44. The Balaban J connectivity index is 2.92. The fourth-order valence-corrected chi connectivity index (χ4v) is 1.77. The highest BCUT2D eigenvalue weighted by Gasteiger charge is 2.15. The van der Waals surface area contributed by atoms with Gasteiger partial charge >= 0.3 is 6.03 Å². The van der Waals surface area contributed by atoms with Gasteiger partial charge in [0.1, 0.15) is 0 Å². The highest BCUT2D eigenvalue weighted by atomic mass is 32.2. The molecule has 0 spiro atoms. The molecule has 92 valence electrons. The predicted molar refractivity (Wildman–Crippen MR) is 56.1 cm³/mol. The molecule has 4 N–H and O–H groups in total. The zero-order chi connectivity index (χ0) is 13.1. The molecule has 0 radical (unpaired) electrons. The van der Waals surface area contributed by atoms with Crippen LogP contribution in [0.15, 0.2) is 29.2 Å². The number of nitrogens with one attached hydrogen (secondary N) is 2. The predicted octanol–water partition coefficient (Wildman–Crippen LogP) is -0.544. The number of nitro benzene ring substituents is 1. The van der Waals surface area contributed by atoms with Gasteiger partial charge in [-0.2, -0.15) is 0 Å². The molecule has 0 aliphatic rings. The lowest BCUT2D eigenvalue weighted by Gasteiger charge is -2.05. The molecular weight excluding hydrogens is 252 g/mol. The van der Waals surface area contributed by atoms with E-state index >= 15 is 0 Å². The number of hydrogen-bond donors (Lipinski definition) is 3. The van der Waals surface area contributed by atoms with E-state index in [9.17, 15) is 23.3 Å². The SMILES string of the molecule is NC(=O)NNS(=O)(=O)c1ccc([N+](=O)[O-])cc1. The van der Waals surface area contributed by atoms with Crippen molar-refractivity contribution in [2.45, 2.75) is 4.90 Å². The van der Waals surface area contributed by atoms with E-state index < -0.39 is 21.0 Å². The van der Waals surface area contributed by atoms with Crippen LogP contribution in [0.25, 0.3) is 0 Å². The number of rotatable bonds is 4. The molecule has 2 amide bonds. The second-order valence-corrected chi connectivity index (χ2v) is 4.53. The minimum Gasteiger partial charge on any atom is -0.351 e. The molecule has 9 nitrogen and oxygen atoms in total. The van der Waals surface area contributed by atoms with Crippen molar-refractivity contribution in [2.24, 2.45) is 5.73 Å². The zero-order valence-electron chi connectivity index (χ0n) is 8.28. The van der Waals surface area contributed by atoms with Crippen LogP contribution in [-0.4, -0.2) is 19.4 Å². The number of primary amides is 1. The topological polar surface area (TPSA) is 144 Å². The lowest BCUT2D eigenvalue weighted by molar-refractivity contribution is -0.384. The highest BCUT2D eigenvalue weighted by molar-refractivity contribution is 7.89. The molecule has 17 heavy (non-hydrogen) atoms.